The van der Waals surface area contributed by atoms with Gasteiger partial charge in [-0.1, -0.05) is 47.0 Å². The molecule has 1 amide bonds. The van der Waals surface area contributed by atoms with Crippen LogP contribution < -0.4 is 9.50 Å². The molecule has 0 spiro atoms. The predicted octanol–water partition coefficient (Wildman–Crippen LogP) is 6.29. The Morgan fingerprint density at radius 1 is 1.14 bits per heavy atom. The van der Waals surface area contributed by atoms with Gasteiger partial charge in [-0.15, -0.1) is 0 Å². The molecule has 0 unspecified atom stereocenters. The Hall–Kier alpha value is -3.43. The minimum Gasteiger partial charge on any atom is -0.378 e. The quantitative estimate of drug-likeness (QED) is 0.109. The molecule has 3 aromatic carbocycles. The second-order valence-electron chi connectivity index (χ2n) is 7.21. The van der Waals surface area contributed by atoms with Crippen molar-refractivity contribution < 1.29 is 22.3 Å². The minimum atomic E-state index is -4.09. The Morgan fingerprint density at radius 3 is 2.28 bits per heavy atom. The second-order valence-corrected chi connectivity index (χ2v) is 10.4. The summed E-state index contributed by atoms with van der Waals surface area (Å²) in [5.41, 5.74) is 0.460. The monoisotopic (exact) mass is 609 g/mol. The standard InChI is InChI=1S/C23H14BrCl2N3O6S/c1-13-2-5-17(6-3-13)36(33,34)35-21-7-4-14(9-18(21)24)8-15(12-27)23(30)28-22-19(25)10-16(29(31)32)11-20(22)26/h2-11H,1H3,(H,28,30)/b15-8+. The van der Waals surface area contributed by atoms with E-state index in [1.807, 2.05) is 6.92 Å². The molecule has 0 aliphatic carbocycles. The Kier molecular flexibility index (Phi) is 8.37. The highest BCUT2D eigenvalue weighted by molar-refractivity contribution is 9.10. The zero-order valence-electron chi connectivity index (χ0n) is 18.2. The number of benzene rings is 3. The highest BCUT2D eigenvalue weighted by atomic mass is 79.9. The van der Waals surface area contributed by atoms with E-state index in [0.717, 1.165) is 17.7 Å². The van der Waals surface area contributed by atoms with Crippen LogP contribution in [0.5, 0.6) is 5.75 Å². The van der Waals surface area contributed by atoms with E-state index in [4.69, 9.17) is 27.4 Å². The Morgan fingerprint density at radius 2 is 1.75 bits per heavy atom. The summed E-state index contributed by atoms with van der Waals surface area (Å²) in [5.74, 6) is -0.867. The van der Waals surface area contributed by atoms with Crippen molar-refractivity contribution in [1.82, 2.24) is 0 Å². The van der Waals surface area contributed by atoms with Gasteiger partial charge in [0.25, 0.3) is 11.6 Å². The van der Waals surface area contributed by atoms with E-state index in [2.05, 4.69) is 21.2 Å². The molecule has 0 bridgehead atoms. The number of nitrogens with one attached hydrogen (secondary N) is 1. The van der Waals surface area contributed by atoms with Crippen molar-refractivity contribution in [3.8, 4) is 11.8 Å². The number of non-ortho nitro benzene ring substituents is 1. The molecule has 0 fully saturated rings. The lowest BCUT2D eigenvalue weighted by molar-refractivity contribution is -0.384. The van der Waals surface area contributed by atoms with Gasteiger partial charge < -0.3 is 9.50 Å². The summed E-state index contributed by atoms with van der Waals surface area (Å²) in [6.07, 6.45) is 1.24. The number of rotatable bonds is 7. The molecular formula is C23H14BrCl2N3O6S. The zero-order chi connectivity index (χ0) is 26.6. The van der Waals surface area contributed by atoms with Gasteiger partial charge in [0.2, 0.25) is 0 Å². The van der Waals surface area contributed by atoms with Crippen LogP contribution in [0.25, 0.3) is 6.08 Å². The number of nitriles is 1. The summed E-state index contributed by atoms with van der Waals surface area (Å²) < 4.78 is 30.5. The fraction of sp³-hybridized carbons (Fsp3) is 0.0435. The van der Waals surface area contributed by atoms with Crippen LogP contribution in [0.3, 0.4) is 0 Å². The Bertz CT molecular complexity index is 1530. The van der Waals surface area contributed by atoms with Crippen LogP contribution in [-0.2, 0) is 14.9 Å². The molecule has 9 nitrogen and oxygen atoms in total. The summed E-state index contributed by atoms with van der Waals surface area (Å²) in [7, 11) is -4.09. The first-order valence-electron chi connectivity index (χ1n) is 9.78. The van der Waals surface area contributed by atoms with Crippen LogP contribution in [0.2, 0.25) is 10.0 Å². The number of halogens is 3. The molecule has 3 aromatic rings. The van der Waals surface area contributed by atoms with Crippen molar-refractivity contribution in [2.45, 2.75) is 11.8 Å². The van der Waals surface area contributed by atoms with E-state index in [-0.39, 0.29) is 42.1 Å². The third-order valence-corrected chi connectivity index (χ3v) is 7.08. The molecule has 0 aliphatic rings. The van der Waals surface area contributed by atoms with Gasteiger partial charge >= 0.3 is 10.1 Å². The molecule has 36 heavy (non-hydrogen) atoms. The van der Waals surface area contributed by atoms with E-state index in [0.29, 0.717) is 5.56 Å². The molecular weight excluding hydrogens is 597 g/mol. The molecule has 0 saturated carbocycles. The van der Waals surface area contributed by atoms with E-state index < -0.39 is 20.9 Å². The predicted molar refractivity (Wildman–Crippen MR) is 138 cm³/mol. The van der Waals surface area contributed by atoms with Crippen LogP contribution in [0.4, 0.5) is 11.4 Å². The zero-order valence-corrected chi connectivity index (χ0v) is 22.1. The second kappa shape index (κ2) is 11.1. The smallest absolute Gasteiger partial charge is 0.339 e. The van der Waals surface area contributed by atoms with Crippen molar-refractivity contribution in [3.63, 3.8) is 0 Å². The van der Waals surface area contributed by atoms with Crippen LogP contribution >= 0.6 is 39.1 Å². The molecule has 1 N–H and O–H groups in total. The topological polar surface area (TPSA) is 139 Å². The van der Waals surface area contributed by atoms with Crippen molar-refractivity contribution >= 4 is 72.6 Å². The van der Waals surface area contributed by atoms with E-state index in [1.165, 1.54) is 36.4 Å². The summed E-state index contributed by atoms with van der Waals surface area (Å²) in [6, 6.07) is 14.2. The van der Waals surface area contributed by atoms with Gasteiger partial charge in [-0.2, -0.15) is 13.7 Å². The molecule has 13 heteroatoms. The molecule has 0 aliphatic heterocycles. The summed E-state index contributed by atoms with van der Waals surface area (Å²) in [5, 5.41) is 22.4. The number of nitrogens with zero attached hydrogens (tertiary/aromatic N) is 2. The molecule has 3 rings (SSSR count). The molecule has 0 aromatic heterocycles. The van der Waals surface area contributed by atoms with Crippen LogP contribution in [0.1, 0.15) is 11.1 Å². The molecule has 0 saturated heterocycles. The fourth-order valence-electron chi connectivity index (χ4n) is 2.83. The van der Waals surface area contributed by atoms with E-state index in [9.17, 15) is 28.6 Å². The highest BCUT2D eigenvalue weighted by Crippen LogP contribution is 2.35. The van der Waals surface area contributed by atoms with Crippen LogP contribution in [-0.4, -0.2) is 19.2 Å². The summed E-state index contributed by atoms with van der Waals surface area (Å²) in [6.45, 7) is 1.82. The first kappa shape index (κ1) is 27.2. The van der Waals surface area contributed by atoms with Crippen LogP contribution in [0.15, 0.2) is 69.5 Å². The van der Waals surface area contributed by atoms with Crippen molar-refractivity contribution in [3.05, 3.63) is 95.9 Å². The summed E-state index contributed by atoms with van der Waals surface area (Å²) >= 11 is 15.2. The van der Waals surface area contributed by atoms with Gasteiger partial charge in [0, 0.05) is 12.1 Å². The lowest BCUT2D eigenvalue weighted by Crippen LogP contribution is -2.14. The number of hydrogen-bond acceptors (Lipinski definition) is 7. The number of anilines is 1. The van der Waals surface area contributed by atoms with Gasteiger partial charge in [0.15, 0.2) is 5.75 Å². The van der Waals surface area contributed by atoms with Gasteiger partial charge in [-0.3, -0.25) is 14.9 Å². The average molecular weight is 611 g/mol. The number of nitro groups is 1. The first-order valence-corrected chi connectivity index (χ1v) is 12.7. The Balaban J connectivity index is 1.83. The van der Waals surface area contributed by atoms with Gasteiger partial charge in [0.1, 0.15) is 16.5 Å². The fourth-order valence-corrected chi connectivity index (χ4v) is 4.93. The molecule has 184 valence electrons. The maximum atomic E-state index is 12.6. The number of nitro benzene ring substituents is 1. The maximum Gasteiger partial charge on any atom is 0.339 e. The number of aryl methyl sites for hydroxylation is 1. The third-order valence-electron chi connectivity index (χ3n) is 4.62. The normalized spacial score (nSPS) is 11.5. The lowest BCUT2D eigenvalue weighted by Gasteiger charge is -2.10. The first-order chi connectivity index (χ1) is 16.9. The minimum absolute atomic E-state index is 0.000118. The highest BCUT2D eigenvalue weighted by Gasteiger charge is 2.20. The number of carbonyl (C=O) groups excluding carboxylic acids is 1. The number of carbonyl (C=O) groups is 1. The molecule has 0 heterocycles. The average Bonchev–Trinajstić information content (AvgIpc) is 2.81. The van der Waals surface area contributed by atoms with Crippen molar-refractivity contribution in [2.24, 2.45) is 0 Å². The van der Waals surface area contributed by atoms with E-state index in [1.54, 1.807) is 18.2 Å². The van der Waals surface area contributed by atoms with Gasteiger partial charge in [-0.05, 0) is 58.8 Å². The van der Waals surface area contributed by atoms with Crippen molar-refractivity contribution in [1.29, 1.82) is 5.26 Å². The van der Waals surface area contributed by atoms with Gasteiger partial charge in [0.05, 0.1) is 25.1 Å². The largest absolute Gasteiger partial charge is 0.378 e. The van der Waals surface area contributed by atoms with Gasteiger partial charge in [-0.25, -0.2) is 0 Å². The SMILES string of the molecule is Cc1ccc(S(=O)(=O)Oc2ccc(/C=C(\C#N)C(=O)Nc3c(Cl)cc([N+](=O)[O-])cc3Cl)cc2Br)cc1. The van der Waals surface area contributed by atoms with Crippen LogP contribution in [0, 0.1) is 28.4 Å². The Labute approximate surface area is 224 Å². The maximum absolute atomic E-state index is 12.6. The third kappa shape index (κ3) is 6.41. The summed E-state index contributed by atoms with van der Waals surface area (Å²) in [4.78, 5) is 22.8. The van der Waals surface area contributed by atoms with Crippen molar-refractivity contribution in [2.75, 3.05) is 5.32 Å². The number of amides is 1. The van der Waals surface area contributed by atoms with E-state index >= 15 is 0 Å². The number of hydrogen-bond donors (Lipinski definition) is 1. The molecule has 0 radical (unpaired) electrons. The lowest BCUT2D eigenvalue weighted by atomic mass is 10.1. The molecule has 0 atom stereocenters.